The first kappa shape index (κ1) is 22.2. The van der Waals surface area contributed by atoms with Gasteiger partial charge >= 0.3 is 0 Å². The number of hydrogen-bond donors (Lipinski definition) is 2. The predicted molar refractivity (Wildman–Crippen MR) is 108 cm³/mol. The average Bonchev–Trinajstić information content (AvgIpc) is 3.11. The summed E-state index contributed by atoms with van der Waals surface area (Å²) < 4.78 is 0. The van der Waals surface area contributed by atoms with Gasteiger partial charge in [0, 0.05) is 6.54 Å². The van der Waals surface area contributed by atoms with Crippen molar-refractivity contribution >= 4 is 30.7 Å². The van der Waals surface area contributed by atoms with Gasteiger partial charge in [-0.15, -0.1) is 24.8 Å². The van der Waals surface area contributed by atoms with Crippen molar-refractivity contribution in [3.63, 3.8) is 0 Å². The van der Waals surface area contributed by atoms with E-state index in [1.165, 1.54) is 30.4 Å². The highest BCUT2D eigenvalue weighted by molar-refractivity contribution is 5.85. The zero-order valence-electron chi connectivity index (χ0n) is 15.0. The van der Waals surface area contributed by atoms with E-state index in [1.807, 2.05) is 0 Å². The topological polar surface area (TPSA) is 44.4 Å². The van der Waals surface area contributed by atoms with Gasteiger partial charge in [0.2, 0.25) is 5.91 Å². The second-order valence-electron chi connectivity index (χ2n) is 6.92. The van der Waals surface area contributed by atoms with E-state index < -0.39 is 0 Å². The lowest BCUT2D eigenvalue weighted by Crippen LogP contribution is -2.48. The minimum Gasteiger partial charge on any atom is -0.353 e. The Labute approximate surface area is 163 Å². The number of carbonyl (C=O) groups excluding carboxylic acids is 1. The Morgan fingerprint density at radius 3 is 2.44 bits per heavy atom. The molecule has 2 fully saturated rings. The molecule has 0 radical (unpaired) electrons. The number of halogens is 2. The SMILES string of the molecule is Cc1ccc(C(CNC(=O)[C@H]2CCCCN2)N2CCCC2)cc1.Cl.Cl. The van der Waals surface area contributed by atoms with Crippen molar-refractivity contribution in [2.24, 2.45) is 0 Å². The van der Waals surface area contributed by atoms with Gasteiger partial charge in [0.1, 0.15) is 0 Å². The second kappa shape index (κ2) is 11.0. The molecule has 0 aliphatic carbocycles. The van der Waals surface area contributed by atoms with E-state index in [0.717, 1.165) is 32.5 Å². The quantitative estimate of drug-likeness (QED) is 0.814. The van der Waals surface area contributed by atoms with Gasteiger partial charge in [0.25, 0.3) is 0 Å². The first-order chi connectivity index (χ1) is 11.2. The van der Waals surface area contributed by atoms with Crippen molar-refractivity contribution in [1.82, 2.24) is 15.5 Å². The molecule has 3 rings (SSSR count). The van der Waals surface area contributed by atoms with Crippen molar-refractivity contribution in [3.8, 4) is 0 Å². The summed E-state index contributed by atoms with van der Waals surface area (Å²) in [5.74, 6) is 0.168. The number of likely N-dealkylation sites (tertiary alicyclic amines) is 1. The van der Waals surface area contributed by atoms with Crippen molar-refractivity contribution < 1.29 is 4.79 Å². The number of rotatable bonds is 5. The van der Waals surface area contributed by atoms with E-state index in [1.54, 1.807) is 0 Å². The van der Waals surface area contributed by atoms with Crippen LogP contribution in [0.25, 0.3) is 0 Å². The molecule has 1 unspecified atom stereocenters. The van der Waals surface area contributed by atoms with E-state index in [-0.39, 0.29) is 36.8 Å². The predicted octanol–water partition coefficient (Wildman–Crippen LogP) is 3.23. The van der Waals surface area contributed by atoms with E-state index in [9.17, 15) is 4.79 Å². The van der Waals surface area contributed by atoms with Crippen LogP contribution in [0.3, 0.4) is 0 Å². The number of benzene rings is 1. The Bertz CT molecular complexity index is 512. The van der Waals surface area contributed by atoms with Crippen LogP contribution in [0.5, 0.6) is 0 Å². The Morgan fingerprint density at radius 1 is 1.16 bits per heavy atom. The van der Waals surface area contributed by atoms with Crippen LogP contribution in [0.2, 0.25) is 0 Å². The van der Waals surface area contributed by atoms with E-state index in [2.05, 4.69) is 46.7 Å². The minimum absolute atomic E-state index is 0. The average molecular weight is 388 g/mol. The van der Waals surface area contributed by atoms with Crippen molar-refractivity contribution in [2.75, 3.05) is 26.2 Å². The molecule has 0 spiro atoms. The molecule has 0 bridgehead atoms. The molecule has 1 amide bonds. The van der Waals surface area contributed by atoms with Gasteiger partial charge in [-0.1, -0.05) is 36.2 Å². The summed E-state index contributed by atoms with van der Waals surface area (Å²) in [5.41, 5.74) is 2.60. The summed E-state index contributed by atoms with van der Waals surface area (Å²) in [6.07, 6.45) is 5.83. The maximum Gasteiger partial charge on any atom is 0.237 e. The van der Waals surface area contributed by atoms with Crippen LogP contribution >= 0.6 is 24.8 Å². The summed E-state index contributed by atoms with van der Waals surface area (Å²) in [5, 5.41) is 6.53. The van der Waals surface area contributed by atoms with Gasteiger partial charge in [-0.2, -0.15) is 0 Å². The van der Waals surface area contributed by atoms with Crippen LogP contribution in [-0.4, -0.2) is 43.0 Å². The largest absolute Gasteiger partial charge is 0.353 e. The number of nitrogens with one attached hydrogen (secondary N) is 2. The molecule has 2 heterocycles. The Hall–Kier alpha value is -0.810. The molecule has 2 N–H and O–H groups in total. The van der Waals surface area contributed by atoms with E-state index in [4.69, 9.17) is 0 Å². The van der Waals surface area contributed by atoms with Crippen molar-refractivity contribution in [2.45, 2.75) is 51.1 Å². The smallest absolute Gasteiger partial charge is 0.237 e. The highest BCUT2D eigenvalue weighted by atomic mass is 35.5. The first-order valence-corrected chi connectivity index (χ1v) is 9.06. The lowest BCUT2D eigenvalue weighted by molar-refractivity contribution is -0.123. The molecule has 6 heteroatoms. The summed E-state index contributed by atoms with van der Waals surface area (Å²) >= 11 is 0. The molecular weight excluding hydrogens is 357 g/mol. The molecule has 2 aliphatic heterocycles. The third-order valence-electron chi connectivity index (χ3n) is 5.14. The van der Waals surface area contributed by atoms with Crippen LogP contribution in [0.15, 0.2) is 24.3 Å². The molecule has 1 aromatic rings. The minimum atomic E-state index is 0. The fourth-order valence-electron chi connectivity index (χ4n) is 3.70. The first-order valence-electron chi connectivity index (χ1n) is 9.06. The summed E-state index contributed by atoms with van der Waals surface area (Å²) in [6.45, 7) is 6.06. The van der Waals surface area contributed by atoms with E-state index >= 15 is 0 Å². The summed E-state index contributed by atoms with van der Waals surface area (Å²) in [7, 11) is 0. The molecule has 2 aliphatic rings. The lowest BCUT2D eigenvalue weighted by atomic mass is 10.0. The van der Waals surface area contributed by atoms with Gasteiger partial charge in [-0.05, 0) is 57.8 Å². The maximum absolute atomic E-state index is 12.4. The molecule has 0 aromatic heterocycles. The van der Waals surface area contributed by atoms with Crippen molar-refractivity contribution in [1.29, 1.82) is 0 Å². The van der Waals surface area contributed by atoms with Gasteiger partial charge in [0.15, 0.2) is 0 Å². The van der Waals surface area contributed by atoms with Crippen LogP contribution in [0, 0.1) is 6.92 Å². The van der Waals surface area contributed by atoms with E-state index in [0.29, 0.717) is 12.6 Å². The third kappa shape index (κ3) is 6.14. The highest BCUT2D eigenvalue weighted by Gasteiger charge is 2.26. The molecule has 0 saturated carbocycles. The molecule has 4 nitrogen and oxygen atoms in total. The number of carbonyl (C=O) groups is 1. The fourth-order valence-corrected chi connectivity index (χ4v) is 3.70. The molecular formula is C19H31Cl2N3O. The van der Waals surface area contributed by atoms with Crippen LogP contribution in [0.4, 0.5) is 0 Å². The van der Waals surface area contributed by atoms with Crippen molar-refractivity contribution in [3.05, 3.63) is 35.4 Å². The number of hydrogen-bond acceptors (Lipinski definition) is 3. The second-order valence-corrected chi connectivity index (χ2v) is 6.92. The summed E-state index contributed by atoms with van der Waals surface area (Å²) in [4.78, 5) is 14.9. The number of nitrogens with zero attached hydrogens (tertiary/aromatic N) is 1. The highest BCUT2D eigenvalue weighted by Crippen LogP contribution is 2.25. The Balaban J connectivity index is 0.00000156. The number of aryl methyl sites for hydroxylation is 1. The third-order valence-corrected chi connectivity index (χ3v) is 5.14. The van der Waals surface area contributed by atoms with Gasteiger partial charge < -0.3 is 10.6 Å². The summed E-state index contributed by atoms with van der Waals surface area (Å²) in [6, 6.07) is 9.06. The van der Waals surface area contributed by atoms with Crippen LogP contribution < -0.4 is 10.6 Å². The molecule has 25 heavy (non-hydrogen) atoms. The Kier molecular flexibility index (Phi) is 9.80. The molecule has 142 valence electrons. The maximum atomic E-state index is 12.4. The van der Waals surface area contributed by atoms with Crippen LogP contribution in [0.1, 0.15) is 49.3 Å². The number of amides is 1. The standard InChI is InChI=1S/C19H29N3O.2ClH/c1-15-7-9-16(10-8-15)18(22-12-4-5-13-22)14-21-19(23)17-6-2-3-11-20-17;;/h7-10,17-18,20H,2-6,11-14H2,1H3,(H,21,23);2*1H/t17-,18?;;/m1../s1. The molecule has 2 saturated heterocycles. The van der Waals surface area contributed by atoms with Crippen LogP contribution in [-0.2, 0) is 4.79 Å². The number of piperidine rings is 1. The molecule has 1 aromatic carbocycles. The Morgan fingerprint density at radius 2 is 1.84 bits per heavy atom. The zero-order chi connectivity index (χ0) is 16.1. The van der Waals surface area contributed by atoms with Gasteiger partial charge in [0.05, 0.1) is 12.1 Å². The molecule has 2 atom stereocenters. The fraction of sp³-hybridized carbons (Fsp3) is 0.632. The van der Waals surface area contributed by atoms with Gasteiger partial charge in [-0.25, -0.2) is 0 Å². The van der Waals surface area contributed by atoms with Gasteiger partial charge in [-0.3, -0.25) is 9.69 Å². The lowest BCUT2D eigenvalue weighted by Gasteiger charge is -2.30. The normalized spacial score (nSPS) is 21.7. The monoisotopic (exact) mass is 387 g/mol. The zero-order valence-corrected chi connectivity index (χ0v) is 16.6.